The van der Waals surface area contributed by atoms with E-state index in [-0.39, 0.29) is 0 Å². The van der Waals surface area contributed by atoms with Gasteiger partial charge in [-0.3, -0.25) is 0 Å². The second-order valence-corrected chi connectivity index (χ2v) is 12.3. The molecule has 0 radical (unpaired) electrons. The zero-order chi connectivity index (χ0) is 31.3. The molecule has 7 aromatic carbocycles. The van der Waals surface area contributed by atoms with Crippen LogP contribution in [0, 0.1) is 0 Å². The van der Waals surface area contributed by atoms with Gasteiger partial charge in [-0.25, -0.2) is 0 Å². The molecule has 2 heteroatoms. The standard InChI is InChI=1S/C45H32N2/c1-2-32-12-6-7-13-33(32)28-31-20-24-37(25-21-31)47-43-19-11-9-17-39(43)41-30-35(23-27-45(41)47)34-22-26-44-40(29-34)38-16-8-10-18-42(38)46(44)36-14-4-3-5-15-36/h2-27,29-30H,1,28H2. The second kappa shape index (κ2) is 11.0. The summed E-state index contributed by atoms with van der Waals surface area (Å²) in [5.74, 6) is 0. The van der Waals surface area contributed by atoms with Crippen LogP contribution in [-0.4, -0.2) is 9.13 Å². The van der Waals surface area contributed by atoms with Gasteiger partial charge in [0.1, 0.15) is 0 Å². The number of hydrogen-bond acceptors (Lipinski definition) is 0. The van der Waals surface area contributed by atoms with E-state index in [0.29, 0.717) is 0 Å². The Balaban J connectivity index is 1.15. The number of aromatic nitrogens is 2. The molecule has 9 aromatic rings. The molecule has 0 amide bonds. The van der Waals surface area contributed by atoms with Crippen LogP contribution in [0.1, 0.15) is 16.7 Å². The lowest BCUT2D eigenvalue weighted by Crippen LogP contribution is -1.96. The van der Waals surface area contributed by atoms with Crippen LogP contribution in [0.3, 0.4) is 0 Å². The van der Waals surface area contributed by atoms with E-state index in [9.17, 15) is 0 Å². The summed E-state index contributed by atoms with van der Waals surface area (Å²) in [5.41, 5.74) is 13.4. The van der Waals surface area contributed by atoms with Crippen molar-refractivity contribution in [3.05, 3.63) is 187 Å². The van der Waals surface area contributed by atoms with Crippen molar-refractivity contribution in [1.29, 1.82) is 0 Å². The summed E-state index contributed by atoms with van der Waals surface area (Å²) in [6.07, 6.45) is 2.82. The molecule has 2 nitrogen and oxygen atoms in total. The number of para-hydroxylation sites is 3. The highest BCUT2D eigenvalue weighted by molar-refractivity contribution is 6.12. The summed E-state index contributed by atoms with van der Waals surface area (Å²) in [5, 5.41) is 5.05. The maximum Gasteiger partial charge on any atom is 0.0541 e. The largest absolute Gasteiger partial charge is 0.309 e. The molecule has 2 heterocycles. The van der Waals surface area contributed by atoms with Crippen LogP contribution in [0.2, 0.25) is 0 Å². The first-order chi connectivity index (χ1) is 23.3. The monoisotopic (exact) mass is 600 g/mol. The summed E-state index contributed by atoms with van der Waals surface area (Å²) < 4.78 is 4.77. The topological polar surface area (TPSA) is 9.86 Å². The van der Waals surface area contributed by atoms with Crippen LogP contribution in [0.4, 0.5) is 0 Å². The van der Waals surface area contributed by atoms with Crippen molar-refractivity contribution in [1.82, 2.24) is 9.13 Å². The molecule has 0 N–H and O–H groups in total. The van der Waals surface area contributed by atoms with Gasteiger partial charge >= 0.3 is 0 Å². The van der Waals surface area contributed by atoms with Crippen molar-refractivity contribution in [2.24, 2.45) is 0 Å². The first-order valence-corrected chi connectivity index (χ1v) is 16.2. The number of fused-ring (bicyclic) bond motifs is 6. The molecule has 222 valence electrons. The molecule has 0 spiro atoms. The Morgan fingerprint density at radius 1 is 0.426 bits per heavy atom. The number of benzene rings is 7. The number of rotatable bonds is 6. The third kappa shape index (κ3) is 4.49. The second-order valence-electron chi connectivity index (χ2n) is 12.3. The highest BCUT2D eigenvalue weighted by atomic mass is 15.0. The Bertz CT molecular complexity index is 2600. The summed E-state index contributed by atoms with van der Waals surface area (Å²) in [4.78, 5) is 0. The van der Waals surface area contributed by atoms with E-state index in [1.807, 2.05) is 6.08 Å². The molecule has 0 saturated carbocycles. The van der Waals surface area contributed by atoms with Crippen molar-refractivity contribution >= 4 is 49.7 Å². The van der Waals surface area contributed by atoms with E-state index in [4.69, 9.17) is 0 Å². The van der Waals surface area contributed by atoms with Crippen molar-refractivity contribution in [2.75, 3.05) is 0 Å². The Labute approximate surface area is 274 Å². The summed E-state index contributed by atoms with van der Waals surface area (Å²) >= 11 is 0. The SMILES string of the molecule is C=Cc1ccccc1Cc1ccc(-n2c3ccccc3c3cc(-c4ccc5c(c4)c4ccccc4n5-c4ccccc4)ccc32)cc1. The zero-order valence-electron chi connectivity index (χ0n) is 26.0. The van der Waals surface area contributed by atoms with E-state index in [2.05, 4.69) is 180 Å². The smallest absolute Gasteiger partial charge is 0.0541 e. The third-order valence-corrected chi connectivity index (χ3v) is 9.56. The van der Waals surface area contributed by atoms with Gasteiger partial charge in [-0.15, -0.1) is 0 Å². The van der Waals surface area contributed by atoms with Gasteiger partial charge in [-0.05, 0) is 94.9 Å². The highest BCUT2D eigenvalue weighted by Gasteiger charge is 2.16. The first-order valence-electron chi connectivity index (χ1n) is 16.2. The molecule has 0 fully saturated rings. The van der Waals surface area contributed by atoms with E-state index < -0.39 is 0 Å². The van der Waals surface area contributed by atoms with E-state index in [1.165, 1.54) is 82.8 Å². The van der Waals surface area contributed by atoms with Gasteiger partial charge in [0.05, 0.1) is 22.1 Å². The molecule has 2 aromatic heterocycles. The molecule has 0 atom stereocenters. The fourth-order valence-electron chi connectivity index (χ4n) is 7.32. The predicted octanol–water partition coefficient (Wildman–Crippen LogP) is 11.8. The minimum absolute atomic E-state index is 0.882. The van der Waals surface area contributed by atoms with Gasteiger partial charge in [0.25, 0.3) is 0 Å². The number of hydrogen-bond donors (Lipinski definition) is 0. The lowest BCUT2D eigenvalue weighted by molar-refractivity contribution is 1.14. The quantitative estimate of drug-likeness (QED) is 0.180. The average molecular weight is 601 g/mol. The molecule has 0 aliphatic carbocycles. The Kier molecular flexibility index (Phi) is 6.39. The van der Waals surface area contributed by atoms with Gasteiger partial charge in [-0.1, -0.05) is 116 Å². The molecular weight excluding hydrogens is 569 g/mol. The summed E-state index contributed by atoms with van der Waals surface area (Å²) in [6, 6.07) is 59.5. The number of nitrogens with zero attached hydrogens (tertiary/aromatic N) is 2. The molecule has 0 bridgehead atoms. The summed E-state index contributed by atoms with van der Waals surface area (Å²) in [6.45, 7) is 4.00. The zero-order valence-corrected chi connectivity index (χ0v) is 26.0. The van der Waals surface area contributed by atoms with Gasteiger partial charge in [0, 0.05) is 32.9 Å². The molecule has 0 aliphatic rings. The van der Waals surface area contributed by atoms with Gasteiger partial charge < -0.3 is 9.13 Å². The van der Waals surface area contributed by atoms with Crippen molar-refractivity contribution in [3.63, 3.8) is 0 Å². The van der Waals surface area contributed by atoms with Crippen molar-refractivity contribution in [2.45, 2.75) is 6.42 Å². The molecule has 0 unspecified atom stereocenters. The van der Waals surface area contributed by atoms with Gasteiger partial charge in [-0.2, -0.15) is 0 Å². The fourth-order valence-corrected chi connectivity index (χ4v) is 7.32. The molecule has 47 heavy (non-hydrogen) atoms. The van der Waals surface area contributed by atoms with Crippen molar-refractivity contribution < 1.29 is 0 Å². The van der Waals surface area contributed by atoms with E-state index in [1.54, 1.807) is 0 Å². The van der Waals surface area contributed by atoms with Crippen LogP contribution < -0.4 is 0 Å². The van der Waals surface area contributed by atoms with Crippen LogP contribution in [0.5, 0.6) is 0 Å². The lowest BCUT2D eigenvalue weighted by atomic mass is 9.99. The fraction of sp³-hybridized carbons (Fsp3) is 0.0222. The van der Waals surface area contributed by atoms with Crippen LogP contribution in [-0.2, 0) is 6.42 Å². The van der Waals surface area contributed by atoms with Crippen LogP contribution >= 0.6 is 0 Å². The van der Waals surface area contributed by atoms with E-state index in [0.717, 1.165) is 6.42 Å². The van der Waals surface area contributed by atoms with Crippen LogP contribution in [0.15, 0.2) is 170 Å². The average Bonchev–Trinajstić information content (AvgIpc) is 3.65. The third-order valence-electron chi connectivity index (χ3n) is 9.56. The van der Waals surface area contributed by atoms with Crippen LogP contribution in [0.25, 0.3) is 72.2 Å². The molecule has 0 saturated heterocycles. The molecular formula is C45H32N2. The minimum Gasteiger partial charge on any atom is -0.309 e. The molecule has 0 aliphatic heterocycles. The Morgan fingerprint density at radius 3 is 1.51 bits per heavy atom. The van der Waals surface area contributed by atoms with Gasteiger partial charge in [0.15, 0.2) is 0 Å². The first kappa shape index (κ1) is 27.2. The highest BCUT2D eigenvalue weighted by Crippen LogP contribution is 2.38. The Morgan fingerprint density at radius 2 is 0.915 bits per heavy atom. The maximum absolute atomic E-state index is 4.00. The lowest BCUT2D eigenvalue weighted by Gasteiger charge is -2.11. The normalized spacial score (nSPS) is 11.6. The van der Waals surface area contributed by atoms with E-state index >= 15 is 0 Å². The maximum atomic E-state index is 4.00. The summed E-state index contributed by atoms with van der Waals surface area (Å²) in [7, 11) is 0. The van der Waals surface area contributed by atoms with Crippen molar-refractivity contribution in [3.8, 4) is 22.5 Å². The minimum atomic E-state index is 0.882. The molecule has 9 rings (SSSR count). The van der Waals surface area contributed by atoms with Gasteiger partial charge in [0.2, 0.25) is 0 Å². The predicted molar refractivity (Wildman–Crippen MR) is 200 cm³/mol. The Hall–Kier alpha value is -6.12.